The Morgan fingerprint density at radius 2 is 1.80 bits per heavy atom. The van der Waals surface area contributed by atoms with Gasteiger partial charge in [-0.1, -0.05) is 30.3 Å². The maximum absolute atomic E-state index is 13.5. The van der Waals surface area contributed by atoms with Gasteiger partial charge in [0.15, 0.2) is 0 Å². The van der Waals surface area contributed by atoms with Crippen LogP contribution in [0.2, 0.25) is 0 Å². The molecule has 2 rings (SSSR count). The van der Waals surface area contributed by atoms with Gasteiger partial charge in [0.25, 0.3) is 0 Å². The van der Waals surface area contributed by atoms with Crippen molar-refractivity contribution in [2.45, 2.75) is 18.4 Å². The first-order valence-electron chi connectivity index (χ1n) is 5.98. The Labute approximate surface area is 119 Å². The van der Waals surface area contributed by atoms with Crippen LogP contribution in [0.1, 0.15) is 16.5 Å². The molecule has 0 saturated heterocycles. The number of benzene rings is 2. The van der Waals surface area contributed by atoms with E-state index in [-0.39, 0.29) is 18.0 Å². The first-order valence-corrected chi connectivity index (χ1v) is 6.42. The number of halogens is 4. The second kappa shape index (κ2) is 6.66. The van der Waals surface area contributed by atoms with Crippen LogP contribution >= 0.6 is 11.6 Å². The minimum Gasteiger partial charge on any atom is -0.435 e. The summed E-state index contributed by atoms with van der Waals surface area (Å²) in [7, 11) is 0. The summed E-state index contributed by atoms with van der Waals surface area (Å²) in [6, 6.07) is 12.4. The normalized spacial score (nSPS) is 12.4. The largest absolute Gasteiger partial charge is 0.435 e. The highest BCUT2D eigenvalue weighted by molar-refractivity contribution is 6.20. The smallest absolute Gasteiger partial charge is 0.387 e. The molecular weight excluding hydrogens is 289 g/mol. The van der Waals surface area contributed by atoms with Gasteiger partial charge in [-0.05, 0) is 35.7 Å². The average Bonchev–Trinajstić information content (AvgIpc) is 2.41. The summed E-state index contributed by atoms with van der Waals surface area (Å²) in [6.45, 7) is -2.88. The predicted octanol–water partition coefficient (Wildman–Crippen LogP) is 4.95. The molecule has 0 fully saturated rings. The van der Waals surface area contributed by atoms with Gasteiger partial charge in [-0.25, -0.2) is 4.39 Å². The molecule has 0 heterocycles. The first kappa shape index (κ1) is 14.7. The van der Waals surface area contributed by atoms with Crippen LogP contribution in [0.3, 0.4) is 0 Å². The Bertz CT molecular complexity index is 575. The summed E-state index contributed by atoms with van der Waals surface area (Å²) in [6.07, 6.45) is 0.270. The molecule has 0 N–H and O–H groups in total. The highest BCUT2D eigenvalue weighted by Gasteiger charge is 2.13. The number of ether oxygens (including phenoxy) is 1. The number of alkyl halides is 3. The second-order valence-corrected chi connectivity index (χ2v) is 4.74. The minimum absolute atomic E-state index is 0.0386. The van der Waals surface area contributed by atoms with Crippen LogP contribution in [0, 0.1) is 5.82 Å². The number of rotatable bonds is 5. The van der Waals surface area contributed by atoms with E-state index < -0.39 is 12.0 Å². The lowest BCUT2D eigenvalue weighted by atomic mass is 10.0. The lowest BCUT2D eigenvalue weighted by molar-refractivity contribution is -0.0498. The SMILES string of the molecule is Fc1ccccc1CC(Cl)c1cccc(OC(F)F)c1. The lowest BCUT2D eigenvalue weighted by Gasteiger charge is -2.12. The molecule has 106 valence electrons. The molecule has 0 spiro atoms. The Morgan fingerprint density at radius 1 is 1.05 bits per heavy atom. The van der Waals surface area contributed by atoms with Gasteiger partial charge in [-0.2, -0.15) is 8.78 Å². The molecule has 20 heavy (non-hydrogen) atoms. The molecule has 0 aliphatic rings. The topological polar surface area (TPSA) is 9.23 Å². The van der Waals surface area contributed by atoms with E-state index in [0.717, 1.165) is 0 Å². The molecule has 0 aromatic heterocycles. The van der Waals surface area contributed by atoms with Crippen molar-refractivity contribution in [3.8, 4) is 5.75 Å². The van der Waals surface area contributed by atoms with Crippen molar-refractivity contribution in [3.05, 3.63) is 65.5 Å². The molecule has 0 saturated carbocycles. The molecule has 0 bridgehead atoms. The molecule has 1 atom stereocenters. The van der Waals surface area contributed by atoms with E-state index in [1.807, 2.05) is 0 Å². The van der Waals surface area contributed by atoms with E-state index in [1.54, 1.807) is 30.3 Å². The molecular formula is C15H12ClF3O. The quantitative estimate of drug-likeness (QED) is 0.710. The van der Waals surface area contributed by atoms with Gasteiger partial charge in [0.1, 0.15) is 11.6 Å². The summed E-state index contributed by atoms with van der Waals surface area (Å²) >= 11 is 6.21. The zero-order chi connectivity index (χ0) is 14.5. The zero-order valence-corrected chi connectivity index (χ0v) is 11.2. The van der Waals surface area contributed by atoms with Gasteiger partial charge in [-0.15, -0.1) is 11.6 Å². The van der Waals surface area contributed by atoms with E-state index in [1.165, 1.54) is 18.2 Å². The molecule has 0 aliphatic heterocycles. The van der Waals surface area contributed by atoms with Gasteiger partial charge in [-0.3, -0.25) is 0 Å². The fourth-order valence-electron chi connectivity index (χ4n) is 1.86. The summed E-state index contributed by atoms with van der Waals surface area (Å²) in [5.74, 6) is -0.296. The number of hydrogen-bond acceptors (Lipinski definition) is 1. The molecule has 2 aromatic carbocycles. The van der Waals surface area contributed by atoms with Gasteiger partial charge in [0, 0.05) is 0 Å². The molecule has 2 aromatic rings. The number of hydrogen-bond donors (Lipinski definition) is 0. The maximum atomic E-state index is 13.5. The Hall–Kier alpha value is -1.68. The molecule has 0 amide bonds. The van der Waals surface area contributed by atoms with Gasteiger partial charge < -0.3 is 4.74 Å². The third-order valence-corrected chi connectivity index (χ3v) is 3.21. The van der Waals surface area contributed by atoms with Crippen LogP contribution in [0.15, 0.2) is 48.5 Å². The molecule has 5 heteroatoms. The van der Waals surface area contributed by atoms with Crippen LogP contribution in [0.4, 0.5) is 13.2 Å². The molecule has 1 unspecified atom stereocenters. The van der Waals surface area contributed by atoms with Crippen LogP contribution in [0.25, 0.3) is 0 Å². The van der Waals surface area contributed by atoms with E-state index >= 15 is 0 Å². The second-order valence-electron chi connectivity index (χ2n) is 4.21. The van der Waals surface area contributed by atoms with Crippen molar-refractivity contribution in [2.24, 2.45) is 0 Å². The van der Waals surface area contributed by atoms with Gasteiger partial charge >= 0.3 is 6.61 Å². The average molecular weight is 301 g/mol. The summed E-state index contributed by atoms with van der Waals surface area (Å²) in [5.41, 5.74) is 1.08. The molecule has 0 radical (unpaired) electrons. The predicted molar refractivity (Wildman–Crippen MR) is 71.8 cm³/mol. The summed E-state index contributed by atoms with van der Waals surface area (Å²) in [5, 5.41) is -0.520. The van der Waals surface area contributed by atoms with E-state index in [4.69, 9.17) is 11.6 Å². The zero-order valence-electron chi connectivity index (χ0n) is 10.4. The van der Waals surface area contributed by atoms with E-state index in [9.17, 15) is 13.2 Å². The highest BCUT2D eigenvalue weighted by Crippen LogP contribution is 2.29. The minimum atomic E-state index is -2.88. The van der Waals surface area contributed by atoms with E-state index in [0.29, 0.717) is 11.1 Å². The van der Waals surface area contributed by atoms with Crippen molar-refractivity contribution in [1.29, 1.82) is 0 Å². The fourth-order valence-corrected chi connectivity index (χ4v) is 2.16. The lowest BCUT2D eigenvalue weighted by Crippen LogP contribution is -2.03. The van der Waals surface area contributed by atoms with E-state index in [2.05, 4.69) is 4.74 Å². The Morgan fingerprint density at radius 3 is 2.50 bits per heavy atom. The molecule has 0 aliphatic carbocycles. The van der Waals surface area contributed by atoms with Crippen LogP contribution in [-0.2, 0) is 6.42 Å². The maximum Gasteiger partial charge on any atom is 0.387 e. The van der Waals surface area contributed by atoms with Crippen LogP contribution in [-0.4, -0.2) is 6.61 Å². The highest BCUT2D eigenvalue weighted by atomic mass is 35.5. The molecule has 1 nitrogen and oxygen atoms in total. The summed E-state index contributed by atoms with van der Waals surface area (Å²) in [4.78, 5) is 0. The van der Waals surface area contributed by atoms with Crippen LogP contribution < -0.4 is 4.74 Å². The summed E-state index contributed by atoms with van der Waals surface area (Å²) < 4.78 is 42.1. The Kier molecular flexibility index (Phi) is 4.90. The van der Waals surface area contributed by atoms with Crippen molar-refractivity contribution in [1.82, 2.24) is 0 Å². The van der Waals surface area contributed by atoms with Crippen molar-refractivity contribution >= 4 is 11.6 Å². The third kappa shape index (κ3) is 3.90. The van der Waals surface area contributed by atoms with Crippen molar-refractivity contribution < 1.29 is 17.9 Å². The van der Waals surface area contributed by atoms with Crippen LogP contribution in [0.5, 0.6) is 5.75 Å². The Balaban J connectivity index is 2.13. The third-order valence-electron chi connectivity index (χ3n) is 2.80. The van der Waals surface area contributed by atoms with Gasteiger partial charge in [0.2, 0.25) is 0 Å². The van der Waals surface area contributed by atoms with Crippen molar-refractivity contribution in [3.63, 3.8) is 0 Å². The van der Waals surface area contributed by atoms with Gasteiger partial charge in [0.05, 0.1) is 5.38 Å². The fraction of sp³-hybridized carbons (Fsp3) is 0.200. The monoisotopic (exact) mass is 300 g/mol. The van der Waals surface area contributed by atoms with Crippen molar-refractivity contribution in [2.75, 3.05) is 0 Å². The first-order chi connectivity index (χ1) is 9.56. The standard InChI is InChI=1S/C15H12ClF3O/c16-13(9-11-4-1-2-7-14(11)17)10-5-3-6-12(8-10)20-15(18)19/h1-8,13,15H,9H2.